The van der Waals surface area contributed by atoms with Gasteiger partial charge in [0, 0.05) is 47.8 Å². The van der Waals surface area contributed by atoms with Gasteiger partial charge >= 0.3 is 16.1 Å². The van der Waals surface area contributed by atoms with Crippen LogP contribution < -0.4 is 4.18 Å². The van der Waals surface area contributed by atoms with Gasteiger partial charge in [0.2, 0.25) is 0 Å². The summed E-state index contributed by atoms with van der Waals surface area (Å²) in [6.07, 6.45) is 1.54. The number of hydrogen-bond acceptors (Lipinski definition) is 7. The highest BCUT2D eigenvalue weighted by Crippen LogP contribution is 2.55. The van der Waals surface area contributed by atoms with E-state index in [9.17, 15) is 27.9 Å². The van der Waals surface area contributed by atoms with E-state index in [0.717, 1.165) is 11.4 Å². The van der Waals surface area contributed by atoms with Gasteiger partial charge in [-0.25, -0.2) is 0 Å². The Balaban J connectivity index is 1.68. The summed E-state index contributed by atoms with van der Waals surface area (Å²) >= 11 is 6.98. The van der Waals surface area contributed by atoms with Crippen LogP contribution in [0.25, 0.3) is 0 Å². The number of benzene rings is 2. The number of halogens is 2. The number of carbonyl (C=O) groups excluding carboxylic acids is 2. The maximum absolute atomic E-state index is 13.9. The van der Waals surface area contributed by atoms with Crippen LogP contribution in [-0.4, -0.2) is 42.5 Å². The van der Waals surface area contributed by atoms with Crippen molar-refractivity contribution < 1.29 is 32.1 Å². The maximum Gasteiger partial charge on any atom is 0.339 e. The molecule has 0 radical (unpaired) electrons. The van der Waals surface area contributed by atoms with Crippen LogP contribution in [0.1, 0.15) is 71.3 Å². The minimum absolute atomic E-state index is 0.00189. The van der Waals surface area contributed by atoms with Crippen LogP contribution in [0, 0.1) is 10.8 Å². The van der Waals surface area contributed by atoms with Crippen LogP contribution >= 0.6 is 31.9 Å². The van der Waals surface area contributed by atoms with Crippen LogP contribution in [0.4, 0.5) is 0 Å². The van der Waals surface area contributed by atoms with E-state index in [0.29, 0.717) is 38.5 Å². The number of Topliss-reactive ketones (excluding diaryl/α,β-unsaturated/α-hetero) is 2. The molecule has 2 aliphatic carbocycles. The molecule has 2 aromatic carbocycles. The first kappa shape index (κ1) is 31.7. The molecule has 0 saturated heterocycles. The Labute approximate surface area is 268 Å². The number of rotatable bonds is 7. The molecule has 8 nitrogen and oxygen atoms in total. The zero-order valence-electron chi connectivity index (χ0n) is 24.4. The lowest BCUT2D eigenvalue weighted by molar-refractivity contribution is -0.137. The molecule has 0 unspecified atom stereocenters. The Bertz CT molecular complexity index is 1630. The molecule has 43 heavy (non-hydrogen) atoms. The Morgan fingerprint density at radius 1 is 0.907 bits per heavy atom. The average Bonchev–Trinajstić information content (AvgIpc) is 2.88. The third-order valence-corrected chi connectivity index (χ3v) is 10.6. The van der Waals surface area contributed by atoms with Gasteiger partial charge < -0.3 is 14.2 Å². The van der Waals surface area contributed by atoms with E-state index < -0.39 is 22.0 Å². The van der Waals surface area contributed by atoms with Crippen LogP contribution in [0.2, 0.25) is 0 Å². The summed E-state index contributed by atoms with van der Waals surface area (Å²) in [4.78, 5) is 41.5. The van der Waals surface area contributed by atoms with E-state index in [1.165, 1.54) is 12.1 Å². The van der Waals surface area contributed by atoms with Crippen molar-refractivity contribution in [3.05, 3.63) is 79.5 Å². The smallest absolute Gasteiger partial charge is 0.339 e. The lowest BCUT2D eigenvalue weighted by Crippen LogP contribution is -2.45. The van der Waals surface area contributed by atoms with Crippen LogP contribution in [0.15, 0.2) is 78.8 Å². The molecule has 0 amide bonds. The predicted octanol–water partition coefficient (Wildman–Crippen LogP) is 7.14. The van der Waals surface area contributed by atoms with Gasteiger partial charge in [-0.15, -0.1) is 0 Å². The summed E-state index contributed by atoms with van der Waals surface area (Å²) in [7, 11) is -4.14. The number of hydrogen-bond donors (Lipinski definition) is 1. The van der Waals surface area contributed by atoms with Crippen LogP contribution in [0.3, 0.4) is 0 Å². The third kappa shape index (κ3) is 6.26. The summed E-state index contributed by atoms with van der Waals surface area (Å²) in [5.41, 5.74) is 2.45. The monoisotopic (exact) mass is 733 g/mol. The molecule has 0 aromatic heterocycles. The minimum atomic E-state index is -4.14. The van der Waals surface area contributed by atoms with Gasteiger partial charge in [-0.3, -0.25) is 14.4 Å². The van der Waals surface area contributed by atoms with Crippen molar-refractivity contribution in [1.29, 1.82) is 0 Å². The zero-order valence-corrected chi connectivity index (χ0v) is 28.4. The van der Waals surface area contributed by atoms with Crippen LogP contribution in [-0.2, 0) is 24.5 Å². The highest BCUT2D eigenvalue weighted by molar-refractivity contribution is 9.11. The van der Waals surface area contributed by atoms with E-state index in [1.807, 2.05) is 32.6 Å². The number of carboxylic acid groups (broad SMARTS) is 1. The second-order valence-electron chi connectivity index (χ2n) is 13.0. The van der Waals surface area contributed by atoms with Gasteiger partial charge in [0.1, 0.15) is 4.90 Å². The number of carboxylic acids is 1. The maximum atomic E-state index is 13.9. The van der Waals surface area contributed by atoms with E-state index >= 15 is 0 Å². The number of aliphatic carboxylic acids is 1. The fourth-order valence-electron chi connectivity index (χ4n) is 6.43. The molecule has 1 heterocycles. The molecule has 0 spiro atoms. The summed E-state index contributed by atoms with van der Waals surface area (Å²) in [5, 5.41) is 9.56. The normalized spacial score (nSPS) is 20.2. The molecule has 0 atom stereocenters. The predicted molar refractivity (Wildman–Crippen MR) is 168 cm³/mol. The molecule has 228 valence electrons. The number of carbonyl (C=O) groups is 3. The first-order valence-electron chi connectivity index (χ1n) is 14.0. The molecular formula is C32H33Br2NO7S. The molecule has 11 heteroatoms. The molecule has 0 saturated carbocycles. The van der Waals surface area contributed by atoms with Crippen molar-refractivity contribution in [2.45, 2.75) is 70.6 Å². The van der Waals surface area contributed by atoms with E-state index in [-0.39, 0.29) is 58.8 Å². The Morgan fingerprint density at radius 3 is 1.86 bits per heavy atom. The molecule has 0 bridgehead atoms. The fourth-order valence-corrected chi connectivity index (χ4v) is 9.01. The first-order chi connectivity index (χ1) is 20.0. The number of ketones is 2. The highest BCUT2D eigenvalue weighted by atomic mass is 79.9. The molecule has 2 aromatic rings. The van der Waals surface area contributed by atoms with Crippen molar-refractivity contribution >= 4 is 59.5 Å². The zero-order chi connectivity index (χ0) is 31.5. The van der Waals surface area contributed by atoms with Crippen molar-refractivity contribution in [1.82, 2.24) is 4.90 Å². The van der Waals surface area contributed by atoms with Gasteiger partial charge in [-0.1, -0.05) is 45.9 Å². The molecule has 5 rings (SSSR count). The SMILES string of the molecule is CC1(C)CC(=O)C2=C(C1)N(CCC(=O)O)C1=C(C(=O)CC(C)(C)C1)C2c1cc(Br)c(OS(=O)(=O)c2ccccc2)c(Br)c1. The van der Waals surface area contributed by atoms with Crippen LogP contribution in [0.5, 0.6) is 5.75 Å². The van der Waals surface area contributed by atoms with E-state index in [1.54, 1.807) is 30.3 Å². The summed E-state index contributed by atoms with van der Waals surface area (Å²) in [6, 6.07) is 11.2. The Kier molecular flexibility index (Phi) is 8.32. The number of allylic oxidation sites excluding steroid dienone is 4. The summed E-state index contributed by atoms with van der Waals surface area (Å²) in [6.45, 7) is 8.23. The van der Waals surface area contributed by atoms with Gasteiger partial charge in [-0.05, 0) is 85.4 Å². The Morgan fingerprint density at radius 2 is 1.40 bits per heavy atom. The fraction of sp³-hybridized carbons (Fsp3) is 0.406. The van der Waals surface area contributed by atoms with Gasteiger partial charge in [0.15, 0.2) is 17.3 Å². The van der Waals surface area contributed by atoms with Gasteiger partial charge in [0.25, 0.3) is 0 Å². The van der Waals surface area contributed by atoms with E-state index in [4.69, 9.17) is 4.18 Å². The van der Waals surface area contributed by atoms with Gasteiger partial charge in [-0.2, -0.15) is 8.42 Å². The standard InChI is InChI=1S/C32H33Br2NO7S/c1-31(2)14-22-28(24(36)16-31)27(29-23(35(22)11-10-26(38)39)15-32(3,4)17-25(29)37)18-12-20(33)30(21(34)13-18)42-43(40,41)19-8-6-5-7-9-19/h5-9,12-13,27H,10-11,14-17H2,1-4H3,(H,38,39). The quantitative estimate of drug-likeness (QED) is 0.299. The second kappa shape index (κ2) is 11.3. The molecule has 3 aliphatic rings. The average molecular weight is 735 g/mol. The molecular weight excluding hydrogens is 702 g/mol. The summed E-state index contributed by atoms with van der Waals surface area (Å²) in [5.74, 6) is -1.77. The second-order valence-corrected chi connectivity index (χ2v) is 16.3. The topological polar surface area (TPSA) is 118 Å². The summed E-state index contributed by atoms with van der Waals surface area (Å²) < 4.78 is 32.2. The lowest BCUT2D eigenvalue weighted by Gasteiger charge is -2.49. The first-order valence-corrected chi connectivity index (χ1v) is 17.0. The molecule has 1 aliphatic heterocycles. The third-order valence-electron chi connectivity index (χ3n) is 8.15. The number of nitrogens with zero attached hydrogens (tertiary/aromatic N) is 1. The van der Waals surface area contributed by atoms with E-state index in [2.05, 4.69) is 31.9 Å². The van der Waals surface area contributed by atoms with Crippen molar-refractivity contribution in [3.63, 3.8) is 0 Å². The minimum Gasteiger partial charge on any atom is -0.481 e. The highest BCUT2D eigenvalue weighted by Gasteiger charge is 2.49. The van der Waals surface area contributed by atoms with Crippen molar-refractivity contribution in [3.8, 4) is 5.75 Å². The van der Waals surface area contributed by atoms with Crippen molar-refractivity contribution in [2.75, 3.05) is 6.54 Å². The molecule has 0 fully saturated rings. The van der Waals surface area contributed by atoms with Crippen molar-refractivity contribution in [2.24, 2.45) is 10.8 Å². The Hall–Kier alpha value is -2.76. The molecule has 1 N–H and O–H groups in total. The largest absolute Gasteiger partial charge is 0.481 e. The lowest BCUT2D eigenvalue weighted by atomic mass is 9.63. The van der Waals surface area contributed by atoms with Gasteiger partial charge in [0.05, 0.1) is 15.4 Å².